The molecule has 1 fully saturated rings. The van der Waals surface area contributed by atoms with Crippen molar-refractivity contribution in [1.29, 1.82) is 0 Å². The van der Waals surface area contributed by atoms with Crippen LogP contribution < -0.4 is 0 Å². The number of esters is 2. The first-order valence-corrected chi connectivity index (χ1v) is 6.75. The predicted molar refractivity (Wildman–Crippen MR) is 76.2 cm³/mol. The molecule has 0 aromatic rings. The van der Waals surface area contributed by atoms with Gasteiger partial charge in [-0.05, 0) is 25.7 Å². The van der Waals surface area contributed by atoms with Crippen LogP contribution in [0.2, 0.25) is 0 Å². The van der Waals surface area contributed by atoms with Crippen molar-refractivity contribution in [3.63, 3.8) is 0 Å². The fraction of sp³-hybridized carbons (Fsp3) is 0.600. The van der Waals surface area contributed by atoms with Gasteiger partial charge in [-0.2, -0.15) is 0 Å². The van der Waals surface area contributed by atoms with E-state index >= 15 is 0 Å². The first-order valence-electron chi connectivity index (χ1n) is 6.75. The maximum absolute atomic E-state index is 10.7. The molecular formula is C15H24O5. The smallest absolute Gasteiger partial charge is 0.330 e. The van der Waals surface area contributed by atoms with Crippen LogP contribution in [-0.2, 0) is 23.8 Å². The van der Waals surface area contributed by atoms with Crippen molar-refractivity contribution >= 4 is 11.9 Å². The van der Waals surface area contributed by atoms with Gasteiger partial charge in [0.25, 0.3) is 0 Å². The second kappa shape index (κ2) is 12.4. The molecule has 1 aliphatic carbocycles. The molecule has 0 unspecified atom stereocenters. The van der Waals surface area contributed by atoms with Crippen LogP contribution in [0.1, 0.15) is 32.1 Å². The highest BCUT2D eigenvalue weighted by Gasteiger charge is 2.15. The van der Waals surface area contributed by atoms with Gasteiger partial charge in [0, 0.05) is 19.3 Å². The van der Waals surface area contributed by atoms with Crippen LogP contribution >= 0.6 is 0 Å². The highest BCUT2D eigenvalue weighted by atomic mass is 16.6. The number of ether oxygens (including phenoxy) is 3. The zero-order chi connectivity index (χ0) is 15.2. The van der Waals surface area contributed by atoms with Crippen molar-refractivity contribution < 1.29 is 23.8 Å². The Morgan fingerprint density at radius 3 is 2.15 bits per heavy atom. The zero-order valence-corrected chi connectivity index (χ0v) is 12.1. The van der Waals surface area contributed by atoms with Gasteiger partial charge < -0.3 is 14.2 Å². The van der Waals surface area contributed by atoms with Gasteiger partial charge in [-0.3, -0.25) is 0 Å². The van der Waals surface area contributed by atoms with Gasteiger partial charge in [-0.25, -0.2) is 9.59 Å². The molecule has 0 aromatic carbocycles. The number of carbonyl (C=O) groups excluding carboxylic acids is 2. The summed E-state index contributed by atoms with van der Waals surface area (Å²) in [7, 11) is 1.54. The molecule has 1 aliphatic rings. The van der Waals surface area contributed by atoms with Gasteiger partial charge in [0.05, 0.1) is 6.61 Å². The molecule has 0 amide bonds. The summed E-state index contributed by atoms with van der Waals surface area (Å²) in [5.41, 5.74) is 0. The maximum atomic E-state index is 10.7. The average molecular weight is 284 g/mol. The lowest BCUT2D eigenvalue weighted by atomic mass is 9.98. The fourth-order valence-electron chi connectivity index (χ4n) is 1.68. The number of methoxy groups -OCH3 is 1. The molecule has 0 atom stereocenters. The Kier molecular flexibility index (Phi) is 11.4. The summed E-state index contributed by atoms with van der Waals surface area (Å²) in [5.74, 6) is -0.691. The van der Waals surface area contributed by atoms with Gasteiger partial charge >= 0.3 is 11.9 Å². The van der Waals surface area contributed by atoms with Crippen LogP contribution in [0, 0.1) is 0 Å². The lowest BCUT2D eigenvalue weighted by Gasteiger charge is -2.20. The molecule has 0 heterocycles. The van der Waals surface area contributed by atoms with Crippen molar-refractivity contribution in [2.75, 3.05) is 20.3 Å². The Bertz CT molecular complexity index is 305. The predicted octanol–water partition coefficient (Wildman–Crippen LogP) is 2.41. The number of hydrogen-bond acceptors (Lipinski definition) is 5. The Morgan fingerprint density at radius 2 is 1.65 bits per heavy atom. The number of hydrogen-bond donors (Lipinski definition) is 0. The highest BCUT2D eigenvalue weighted by molar-refractivity contribution is 5.81. The summed E-state index contributed by atoms with van der Waals surface area (Å²) in [6, 6.07) is 0. The summed E-state index contributed by atoms with van der Waals surface area (Å²) < 4.78 is 14.3. The van der Waals surface area contributed by atoms with Crippen molar-refractivity contribution in [3.8, 4) is 0 Å². The minimum absolute atomic E-state index is 0.161. The minimum Gasteiger partial charge on any atom is -0.460 e. The van der Waals surface area contributed by atoms with Gasteiger partial charge in [0.2, 0.25) is 0 Å². The van der Waals surface area contributed by atoms with E-state index in [1.54, 1.807) is 7.11 Å². The normalized spacial score (nSPS) is 14.4. The molecular weight excluding hydrogens is 260 g/mol. The van der Waals surface area contributed by atoms with Crippen LogP contribution in [0.3, 0.4) is 0 Å². The molecule has 5 nitrogen and oxygen atoms in total. The zero-order valence-electron chi connectivity index (χ0n) is 12.1. The van der Waals surface area contributed by atoms with Crippen LogP contribution in [0.25, 0.3) is 0 Å². The van der Waals surface area contributed by atoms with E-state index in [-0.39, 0.29) is 12.1 Å². The topological polar surface area (TPSA) is 61.8 Å². The SMILES string of the molecule is C=CC(=O)OC1CCCCC1.C=CC(=O)OCCOC. The number of rotatable bonds is 6. The van der Waals surface area contributed by atoms with E-state index in [0.29, 0.717) is 13.2 Å². The van der Waals surface area contributed by atoms with E-state index in [0.717, 1.165) is 18.9 Å². The van der Waals surface area contributed by atoms with Gasteiger partial charge in [0.15, 0.2) is 0 Å². The molecule has 1 saturated carbocycles. The van der Waals surface area contributed by atoms with Crippen LogP contribution in [0.4, 0.5) is 0 Å². The van der Waals surface area contributed by atoms with Crippen LogP contribution in [0.5, 0.6) is 0 Å². The average Bonchev–Trinajstić information content (AvgIpc) is 2.49. The molecule has 0 aromatic heterocycles. The Balaban J connectivity index is 0.000000370. The van der Waals surface area contributed by atoms with Gasteiger partial charge in [-0.15, -0.1) is 0 Å². The Labute approximate surface area is 120 Å². The lowest BCUT2D eigenvalue weighted by molar-refractivity contribution is -0.144. The van der Waals surface area contributed by atoms with Gasteiger partial charge in [0.1, 0.15) is 12.7 Å². The summed E-state index contributed by atoms with van der Waals surface area (Å²) in [6.07, 6.45) is 8.23. The second-order valence-corrected chi connectivity index (χ2v) is 4.27. The standard InChI is InChI=1S/C9H14O2.C6H10O3/c1-2-9(10)11-8-6-4-3-5-7-8;1-3-6(7)9-5-4-8-2/h2,8H,1,3-7H2;3H,1,4-5H2,2H3. The van der Waals surface area contributed by atoms with E-state index in [4.69, 9.17) is 4.74 Å². The molecule has 5 heteroatoms. The molecule has 0 saturated heterocycles. The van der Waals surface area contributed by atoms with Gasteiger partial charge in [-0.1, -0.05) is 19.6 Å². The van der Waals surface area contributed by atoms with Crippen LogP contribution in [-0.4, -0.2) is 38.4 Å². The maximum Gasteiger partial charge on any atom is 0.330 e. The third kappa shape index (κ3) is 10.3. The fourth-order valence-corrected chi connectivity index (χ4v) is 1.68. The molecule has 0 spiro atoms. The van der Waals surface area contributed by atoms with E-state index < -0.39 is 5.97 Å². The molecule has 114 valence electrons. The molecule has 0 N–H and O–H groups in total. The molecule has 20 heavy (non-hydrogen) atoms. The lowest BCUT2D eigenvalue weighted by Crippen LogP contribution is -2.19. The van der Waals surface area contributed by atoms with Crippen LogP contribution in [0.15, 0.2) is 25.3 Å². The summed E-state index contributed by atoms with van der Waals surface area (Å²) >= 11 is 0. The largest absolute Gasteiger partial charge is 0.460 e. The summed E-state index contributed by atoms with van der Waals surface area (Å²) in [4.78, 5) is 21.0. The molecule has 1 rings (SSSR count). The molecule has 0 aliphatic heterocycles. The van der Waals surface area contributed by atoms with Crippen molar-refractivity contribution in [2.45, 2.75) is 38.2 Å². The molecule has 0 radical (unpaired) electrons. The third-order valence-corrected chi connectivity index (χ3v) is 2.70. The van der Waals surface area contributed by atoms with E-state index in [1.165, 1.54) is 25.3 Å². The van der Waals surface area contributed by atoms with E-state index in [9.17, 15) is 9.59 Å². The summed E-state index contributed by atoms with van der Waals surface area (Å²) in [6.45, 7) is 7.30. The van der Waals surface area contributed by atoms with Crippen molar-refractivity contribution in [3.05, 3.63) is 25.3 Å². The summed E-state index contributed by atoms with van der Waals surface area (Å²) in [5, 5.41) is 0. The van der Waals surface area contributed by atoms with E-state index in [2.05, 4.69) is 22.6 Å². The first kappa shape index (κ1) is 18.4. The Morgan fingerprint density at radius 1 is 1.05 bits per heavy atom. The van der Waals surface area contributed by atoms with Crippen molar-refractivity contribution in [2.24, 2.45) is 0 Å². The second-order valence-electron chi connectivity index (χ2n) is 4.27. The quantitative estimate of drug-likeness (QED) is 0.426. The molecule has 0 bridgehead atoms. The van der Waals surface area contributed by atoms with E-state index in [1.807, 2.05) is 0 Å². The Hall–Kier alpha value is -1.62. The third-order valence-electron chi connectivity index (χ3n) is 2.70. The minimum atomic E-state index is -0.410. The first-order chi connectivity index (χ1) is 9.63. The monoisotopic (exact) mass is 284 g/mol. The van der Waals surface area contributed by atoms with Crippen molar-refractivity contribution in [1.82, 2.24) is 0 Å². The number of carbonyl (C=O) groups is 2. The highest BCUT2D eigenvalue weighted by Crippen LogP contribution is 2.20.